The van der Waals surface area contributed by atoms with E-state index in [9.17, 15) is 9.18 Å². The Morgan fingerprint density at radius 2 is 1.97 bits per heavy atom. The van der Waals surface area contributed by atoms with E-state index in [0.29, 0.717) is 22.1 Å². The van der Waals surface area contributed by atoms with Crippen molar-refractivity contribution in [3.63, 3.8) is 0 Å². The quantitative estimate of drug-likeness (QED) is 0.573. The van der Waals surface area contributed by atoms with Gasteiger partial charge in [-0.15, -0.1) is 11.8 Å². The molecule has 152 valence electrons. The minimum absolute atomic E-state index is 0.0190. The van der Waals surface area contributed by atoms with E-state index in [1.807, 2.05) is 4.90 Å². The van der Waals surface area contributed by atoms with Crippen molar-refractivity contribution in [2.45, 2.75) is 24.9 Å². The van der Waals surface area contributed by atoms with Gasteiger partial charge < -0.3 is 4.90 Å². The van der Waals surface area contributed by atoms with Crippen LogP contribution in [0, 0.1) is 12.7 Å². The number of anilines is 1. The number of benzene rings is 2. The fourth-order valence-corrected chi connectivity index (χ4v) is 5.79. The average molecular weight is 439 g/mol. The minimum atomic E-state index is -0.277. The van der Waals surface area contributed by atoms with Crippen LogP contribution in [0.1, 0.15) is 22.1 Å². The van der Waals surface area contributed by atoms with Crippen molar-refractivity contribution in [2.75, 3.05) is 10.7 Å². The van der Waals surface area contributed by atoms with Crippen LogP contribution in [-0.4, -0.2) is 37.5 Å². The first-order valence-corrected chi connectivity index (χ1v) is 11.1. The average Bonchev–Trinajstić information content (AvgIpc) is 3.42. The molecule has 3 heterocycles. The fourth-order valence-electron chi connectivity index (χ4n) is 3.87. The van der Waals surface area contributed by atoms with Crippen LogP contribution in [-0.2, 0) is 11.3 Å². The lowest BCUT2D eigenvalue weighted by Gasteiger charge is -2.25. The van der Waals surface area contributed by atoms with Crippen LogP contribution < -0.4 is 4.90 Å². The van der Waals surface area contributed by atoms with Crippen LogP contribution in [0.2, 0.25) is 0 Å². The maximum atomic E-state index is 14.0. The molecule has 2 atom stereocenters. The highest BCUT2D eigenvalue weighted by atomic mass is 32.2. The molecule has 0 N–H and O–H groups in total. The molecule has 2 aliphatic rings. The van der Waals surface area contributed by atoms with Crippen LogP contribution in [0.5, 0.6) is 0 Å². The Hall–Kier alpha value is -2.71. The maximum absolute atomic E-state index is 14.0. The first kappa shape index (κ1) is 19.3. The van der Waals surface area contributed by atoms with E-state index in [1.54, 1.807) is 51.9 Å². The van der Waals surface area contributed by atoms with Crippen molar-refractivity contribution < 1.29 is 9.18 Å². The van der Waals surface area contributed by atoms with Gasteiger partial charge in [-0.3, -0.25) is 14.4 Å². The summed E-state index contributed by atoms with van der Waals surface area (Å²) in [5.74, 6) is 0.380. The lowest BCUT2D eigenvalue weighted by molar-refractivity contribution is -0.119. The van der Waals surface area contributed by atoms with Gasteiger partial charge in [-0.1, -0.05) is 48.0 Å². The molecule has 2 saturated heterocycles. The van der Waals surface area contributed by atoms with Gasteiger partial charge in [0.05, 0.1) is 18.4 Å². The topological polar surface area (TPSA) is 41.4 Å². The number of rotatable bonds is 4. The highest BCUT2D eigenvalue weighted by molar-refractivity contribution is 7.99. The zero-order chi connectivity index (χ0) is 20.8. The number of hydrogen-bond acceptors (Lipinski definition) is 4. The lowest BCUT2D eigenvalue weighted by Crippen LogP contribution is -2.33. The number of carbonyl (C=O) groups is 1. The van der Waals surface area contributed by atoms with E-state index in [2.05, 4.69) is 36.3 Å². The number of nitrogens with zero attached hydrogens (tertiary/aromatic N) is 4. The molecule has 1 amide bonds. The third-order valence-electron chi connectivity index (χ3n) is 5.45. The van der Waals surface area contributed by atoms with Crippen LogP contribution in [0.4, 0.5) is 10.1 Å². The molecule has 1 aromatic heterocycles. The Labute approximate surface area is 183 Å². The summed E-state index contributed by atoms with van der Waals surface area (Å²) in [6.45, 7) is 2.34. The zero-order valence-corrected chi connectivity index (χ0v) is 17.9. The van der Waals surface area contributed by atoms with Crippen molar-refractivity contribution in [3.05, 3.63) is 83.4 Å². The normalized spacial score (nSPS) is 20.9. The summed E-state index contributed by atoms with van der Waals surface area (Å²) in [7, 11) is 0. The zero-order valence-electron chi connectivity index (χ0n) is 16.2. The van der Waals surface area contributed by atoms with Crippen molar-refractivity contribution >= 4 is 40.7 Å². The van der Waals surface area contributed by atoms with E-state index < -0.39 is 0 Å². The summed E-state index contributed by atoms with van der Waals surface area (Å²) in [6, 6.07) is 14.7. The summed E-state index contributed by atoms with van der Waals surface area (Å²) in [5, 5.41) is 4.83. The molecule has 2 fully saturated rings. The second-order valence-electron chi connectivity index (χ2n) is 7.46. The number of halogens is 1. The van der Waals surface area contributed by atoms with Gasteiger partial charge >= 0.3 is 0 Å². The fraction of sp³-hybridized carbons (Fsp3) is 0.227. The first-order chi connectivity index (χ1) is 14.5. The molecule has 0 spiro atoms. The standard InChI is InChI=1S/C22H19FN4OS2/c1-14-6-8-15(9-7-14)21-27-19(13-30-21)20(28)26(22(27)29)17-10-24-25(12-17)11-16-4-2-3-5-18(16)23/h2-10,12,19,21H,11,13H2,1H3/t19-,21-/m1/s1. The molecule has 0 aliphatic carbocycles. The van der Waals surface area contributed by atoms with Gasteiger partial charge in [0.2, 0.25) is 0 Å². The molecular weight excluding hydrogens is 419 g/mol. The molecule has 3 aromatic rings. The van der Waals surface area contributed by atoms with Crippen molar-refractivity contribution in [1.29, 1.82) is 0 Å². The number of thioether (sulfide) groups is 1. The summed E-state index contributed by atoms with van der Waals surface area (Å²) in [5.41, 5.74) is 3.49. The number of carbonyl (C=O) groups excluding carboxylic acids is 1. The SMILES string of the molecule is Cc1ccc([C@H]2SC[C@@H]3C(=O)N(c4cnn(Cc5ccccc5F)c4)C(=S)N32)cc1. The Morgan fingerprint density at radius 1 is 1.20 bits per heavy atom. The molecule has 0 saturated carbocycles. The molecule has 2 aromatic carbocycles. The monoisotopic (exact) mass is 438 g/mol. The van der Waals surface area contributed by atoms with Gasteiger partial charge in [-0.05, 0) is 30.8 Å². The van der Waals surface area contributed by atoms with E-state index in [4.69, 9.17) is 12.2 Å². The van der Waals surface area contributed by atoms with Gasteiger partial charge in [0, 0.05) is 17.5 Å². The molecule has 0 bridgehead atoms. The van der Waals surface area contributed by atoms with Crippen LogP contribution in [0.25, 0.3) is 0 Å². The van der Waals surface area contributed by atoms with Gasteiger partial charge in [0.25, 0.3) is 5.91 Å². The van der Waals surface area contributed by atoms with Gasteiger partial charge in [0.15, 0.2) is 5.11 Å². The van der Waals surface area contributed by atoms with Gasteiger partial charge in [-0.25, -0.2) is 4.39 Å². The summed E-state index contributed by atoms with van der Waals surface area (Å²) in [6.07, 6.45) is 3.36. The number of fused-ring (bicyclic) bond motifs is 1. The lowest BCUT2D eigenvalue weighted by atomic mass is 10.1. The molecule has 0 radical (unpaired) electrons. The second kappa shape index (κ2) is 7.52. The third kappa shape index (κ3) is 3.20. The predicted octanol–water partition coefficient (Wildman–Crippen LogP) is 4.13. The number of aryl methyl sites for hydroxylation is 1. The van der Waals surface area contributed by atoms with Crippen molar-refractivity contribution in [1.82, 2.24) is 14.7 Å². The summed E-state index contributed by atoms with van der Waals surface area (Å²) >= 11 is 7.46. The van der Waals surface area contributed by atoms with Crippen LogP contribution in [0.15, 0.2) is 60.9 Å². The van der Waals surface area contributed by atoms with E-state index in [0.717, 1.165) is 5.56 Å². The number of amides is 1. The smallest absolute Gasteiger partial charge is 0.257 e. The second-order valence-corrected chi connectivity index (χ2v) is 8.94. The van der Waals surface area contributed by atoms with Crippen molar-refractivity contribution in [3.8, 4) is 0 Å². The Bertz CT molecular complexity index is 1130. The molecule has 5 rings (SSSR count). The molecule has 5 nitrogen and oxygen atoms in total. The molecule has 30 heavy (non-hydrogen) atoms. The maximum Gasteiger partial charge on any atom is 0.257 e. The summed E-state index contributed by atoms with van der Waals surface area (Å²) < 4.78 is 15.6. The Morgan fingerprint density at radius 3 is 2.73 bits per heavy atom. The molecule has 8 heteroatoms. The first-order valence-electron chi connectivity index (χ1n) is 9.63. The van der Waals surface area contributed by atoms with Gasteiger partial charge in [-0.2, -0.15) is 5.10 Å². The molecule has 0 unspecified atom stereocenters. The van der Waals surface area contributed by atoms with E-state index >= 15 is 0 Å². The van der Waals surface area contributed by atoms with Gasteiger partial charge in [0.1, 0.15) is 17.2 Å². The Balaban J connectivity index is 1.39. The highest BCUT2D eigenvalue weighted by Crippen LogP contribution is 2.46. The highest BCUT2D eigenvalue weighted by Gasteiger charge is 2.51. The van der Waals surface area contributed by atoms with Crippen molar-refractivity contribution in [2.24, 2.45) is 0 Å². The number of thiocarbonyl (C=S) groups is 1. The predicted molar refractivity (Wildman–Crippen MR) is 120 cm³/mol. The minimum Gasteiger partial charge on any atom is -0.319 e. The number of aromatic nitrogens is 2. The summed E-state index contributed by atoms with van der Waals surface area (Å²) in [4.78, 5) is 16.7. The number of hydrogen-bond donors (Lipinski definition) is 0. The van der Waals surface area contributed by atoms with Crippen LogP contribution in [0.3, 0.4) is 0 Å². The Kier molecular flexibility index (Phi) is 4.83. The van der Waals surface area contributed by atoms with Crippen LogP contribution >= 0.6 is 24.0 Å². The molecular formula is C22H19FN4OS2. The largest absolute Gasteiger partial charge is 0.319 e. The third-order valence-corrected chi connectivity index (χ3v) is 7.17. The van der Waals surface area contributed by atoms with E-state index in [1.165, 1.54) is 11.6 Å². The molecule has 2 aliphatic heterocycles. The van der Waals surface area contributed by atoms with E-state index in [-0.39, 0.29) is 29.7 Å².